The lowest BCUT2D eigenvalue weighted by molar-refractivity contribution is 0.0692. The minimum Gasteiger partial charge on any atom is -0.507 e. The van der Waals surface area contributed by atoms with E-state index in [9.17, 15) is 9.90 Å². The summed E-state index contributed by atoms with van der Waals surface area (Å²) >= 11 is 0. The van der Waals surface area contributed by atoms with E-state index in [1.807, 2.05) is 0 Å². The fraction of sp³-hybridized carbons (Fsp3) is 0.154. The number of benzene rings is 1. The van der Waals surface area contributed by atoms with Gasteiger partial charge < -0.3 is 10.2 Å². The SMILES string of the molecule is C=CCc1ccc(CC=C)c(C(=O)O)c1O. The van der Waals surface area contributed by atoms with E-state index in [2.05, 4.69) is 13.2 Å². The molecule has 0 amide bonds. The van der Waals surface area contributed by atoms with E-state index in [0.717, 1.165) is 0 Å². The monoisotopic (exact) mass is 218 g/mol. The molecule has 84 valence electrons. The van der Waals surface area contributed by atoms with Crippen LogP contribution < -0.4 is 0 Å². The van der Waals surface area contributed by atoms with Crippen LogP contribution in [0, 0.1) is 0 Å². The zero-order valence-electron chi connectivity index (χ0n) is 8.94. The highest BCUT2D eigenvalue weighted by atomic mass is 16.4. The van der Waals surface area contributed by atoms with Crippen molar-refractivity contribution in [1.29, 1.82) is 0 Å². The van der Waals surface area contributed by atoms with Crippen molar-refractivity contribution in [3.63, 3.8) is 0 Å². The van der Waals surface area contributed by atoms with Crippen molar-refractivity contribution in [2.75, 3.05) is 0 Å². The summed E-state index contributed by atoms with van der Waals surface area (Å²) in [4.78, 5) is 11.1. The number of hydrogen-bond acceptors (Lipinski definition) is 2. The largest absolute Gasteiger partial charge is 0.507 e. The average Bonchev–Trinajstić information content (AvgIpc) is 2.22. The topological polar surface area (TPSA) is 57.5 Å². The number of aromatic carboxylic acids is 1. The third kappa shape index (κ3) is 2.31. The molecule has 0 atom stereocenters. The Morgan fingerprint density at radius 1 is 1.19 bits per heavy atom. The number of phenols is 1. The number of aromatic hydroxyl groups is 1. The van der Waals surface area contributed by atoms with Crippen molar-refractivity contribution in [3.8, 4) is 5.75 Å². The second-order valence-corrected chi connectivity index (χ2v) is 3.40. The predicted molar refractivity (Wildman–Crippen MR) is 62.9 cm³/mol. The van der Waals surface area contributed by atoms with E-state index in [1.165, 1.54) is 0 Å². The molecule has 0 spiro atoms. The van der Waals surface area contributed by atoms with Gasteiger partial charge in [0.1, 0.15) is 11.3 Å². The highest BCUT2D eigenvalue weighted by Crippen LogP contribution is 2.27. The van der Waals surface area contributed by atoms with Gasteiger partial charge in [-0.1, -0.05) is 24.3 Å². The van der Waals surface area contributed by atoms with Crippen molar-refractivity contribution < 1.29 is 15.0 Å². The Morgan fingerprint density at radius 2 is 1.69 bits per heavy atom. The highest BCUT2D eigenvalue weighted by molar-refractivity contribution is 5.93. The predicted octanol–water partition coefficient (Wildman–Crippen LogP) is 2.55. The first kappa shape index (κ1) is 12.0. The standard InChI is InChI=1S/C13H14O3/c1-3-5-9-7-8-10(6-4-2)12(14)11(9)13(15)16/h3-4,7-8,14H,1-2,5-6H2,(H,15,16). The van der Waals surface area contributed by atoms with E-state index in [4.69, 9.17) is 5.11 Å². The molecule has 0 bridgehead atoms. The Hall–Kier alpha value is -2.03. The first-order chi connectivity index (χ1) is 7.61. The lowest BCUT2D eigenvalue weighted by Gasteiger charge is -2.09. The van der Waals surface area contributed by atoms with E-state index in [1.54, 1.807) is 24.3 Å². The third-order valence-electron chi connectivity index (χ3n) is 2.29. The quantitative estimate of drug-likeness (QED) is 0.747. The molecule has 0 heterocycles. The molecule has 0 aromatic heterocycles. The number of rotatable bonds is 5. The van der Waals surface area contributed by atoms with Gasteiger partial charge in [0.15, 0.2) is 0 Å². The molecule has 0 saturated heterocycles. The van der Waals surface area contributed by atoms with E-state index in [0.29, 0.717) is 24.0 Å². The summed E-state index contributed by atoms with van der Waals surface area (Å²) in [6.45, 7) is 7.11. The zero-order valence-corrected chi connectivity index (χ0v) is 8.94. The van der Waals surface area contributed by atoms with Crippen LogP contribution in [0.2, 0.25) is 0 Å². The van der Waals surface area contributed by atoms with Gasteiger partial charge in [-0.3, -0.25) is 0 Å². The molecule has 1 aromatic carbocycles. The van der Waals surface area contributed by atoms with Crippen LogP contribution in [0.5, 0.6) is 5.75 Å². The normalized spacial score (nSPS) is 9.75. The number of carboxylic acids is 1. The molecule has 0 aliphatic rings. The van der Waals surface area contributed by atoms with Gasteiger partial charge in [0.2, 0.25) is 0 Å². The molecule has 16 heavy (non-hydrogen) atoms. The van der Waals surface area contributed by atoms with Gasteiger partial charge in [-0.05, 0) is 24.0 Å². The summed E-state index contributed by atoms with van der Waals surface area (Å²) in [6, 6.07) is 3.41. The van der Waals surface area contributed by atoms with Gasteiger partial charge in [0.25, 0.3) is 0 Å². The molecule has 3 nitrogen and oxygen atoms in total. The van der Waals surface area contributed by atoms with Crippen molar-refractivity contribution >= 4 is 5.97 Å². The summed E-state index contributed by atoms with van der Waals surface area (Å²) in [5.74, 6) is -1.30. The Bertz CT molecular complexity index is 433. The second-order valence-electron chi connectivity index (χ2n) is 3.40. The molecule has 0 fully saturated rings. The van der Waals surface area contributed by atoms with Gasteiger partial charge in [-0.15, -0.1) is 13.2 Å². The molecular formula is C13H14O3. The van der Waals surface area contributed by atoms with Crippen molar-refractivity contribution in [2.45, 2.75) is 12.8 Å². The fourth-order valence-corrected chi connectivity index (χ4v) is 1.56. The van der Waals surface area contributed by atoms with E-state index >= 15 is 0 Å². The molecule has 0 unspecified atom stereocenters. The molecule has 1 aromatic rings. The number of carbonyl (C=O) groups is 1. The van der Waals surface area contributed by atoms with Crippen molar-refractivity contribution in [1.82, 2.24) is 0 Å². The van der Waals surface area contributed by atoms with Gasteiger partial charge in [-0.25, -0.2) is 4.79 Å². The van der Waals surface area contributed by atoms with Crippen LogP contribution >= 0.6 is 0 Å². The molecule has 3 heteroatoms. The Balaban J connectivity index is 3.34. The maximum Gasteiger partial charge on any atom is 0.339 e. The Labute approximate surface area is 94.4 Å². The lowest BCUT2D eigenvalue weighted by Crippen LogP contribution is -2.04. The van der Waals surface area contributed by atoms with Gasteiger partial charge >= 0.3 is 5.97 Å². The van der Waals surface area contributed by atoms with E-state index in [-0.39, 0.29) is 11.3 Å². The van der Waals surface area contributed by atoms with Crippen LogP contribution in [0.25, 0.3) is 0 Å². The van der Waals surface area contributed by atoms with Crippen LogP contribution in [-0.2, 0) is 12.8 Å². The number of allylic oxidation sites excluding steroid dienone is 2. The Kier molecular flexibility index (Phi) is 3.89. The minimum atomic E-state index is -1.12. The van der Waals surface area contributed by atoms with Crippen LogP contribution in [0.1, 0.15) is 21.5 Å². The minimum absolute atomic E-state index is 0.0424. The van der Waals surface area contributed by atoms with Crippen LogP contribution in [-0.4, -0.2) is 16.2 Å². The fourth-order valence-electron chi connectivity index (χ4n) is 1.56. The summed E-state index contributed by atoms with van der Waals surface area (Å²) in [5, 5.41) is 18.9. The van der Waals surface area contributed by atoms with Crippen LogP contribution in [0.4, 0.5) is 0 Å². The molecule has 1 rings (SSSR count). The van der Waals surface area contributed by atoms with Crippen LogP contribution in [0.15, 0.2) is 37.4 Å². The van der Waals surface area contributed by atoms with Crippen LogP contribution in [0.3, 0.4) is 0 Å². The molecule has 0 aliphatic carbocycles. The maximum absolute atomic E-state index is 11.1. The number of carboxylic acid groups (broad SMARTS) is 1. The average molecular weight is 218 g/mol. The number of hydrogen-bond donors (Lipinski definition) is 2. The summed E-state index contributed by atoms with van der Waals surface area (Å²) in [5.41, 5.74) is 1.09. The maximum atomic E-state index is 11.1. The van der Waals surface area contributed by atoms with Gasteiger partial charge in [-0.2, -0.15) is 0 Å². The second kappa shape index (κ2) is 5.16. The zero-order chi connectivity index (χ0) is 12.1. The smallest absolute Gasteiger partial charge is 0.339 e. The third-order valence-corrected chi connectivity index (χ3v) is 2.29. The molecule has 0 radical (unpaired) electrons. The van der Waals surface area contributed by atoms with Crippen molar-refractivity contribution in [2.24, 2.45) is 0 Å². The Morgan fingerprint density at radius 3 is 2.19 bits per heavy atom. The molecule has 0 saturated carbocycles. The molecule has 2 N–H and O–H groups in total. The first-order valence-corrected chi connectivity index (χ1v) is 4.90. The molecular weight excluding hydrogens is 204 g/mol. The van der Waals surface area contributed by atoms with E-state index < -0.39 is 5.97 Å². The summed E-state index contributed by atoms with van der Waals surface area (Å²) in [6.07, 6.45) is 4.09. The van der Waals surface area contributed by atoms with Gasteiger partial charge in [0.05, 0.1) is 0 Å². The lowest BCUT2D eigenvalue weighted by atomic mass is 9.98. The summed E-state index contributed by atoms with van der Waals surface area (Å²) in [7, 11) is 0. The van der Waals surface area contributed by atoms with Gasteiger partial charge in [0, 0.05) is 0 Å². The first-order valence-electron chi connectivity index (χ1n) is 4.90. The highest BCUT2D eigenvalue weighted by Gasteiger charge is 2.17. The molecule has 0 aliphatic heterocycles. The summed E-state index contributed by atoms with van der Waals surface area (Å²) < 4.78 is 0. The van der Waals surface area contributed by atoms with Crippen molar-refractivity contribution in [3.05, 3.63) is 54.1 Å².